The van der Waals surface area contributed by atoms with Gasteiger partial charge in [0.05, 0.1) is 56.7 Å². The lowest BCUT2D eigenvalue weighted by Gasteiger charge is -2.33. The number of piperazine rings is 2. The van der Waals surface area contributed by atoms with Gasteiger partial charge in [0.2, 0.25) is 20.0 Å². The molecule has 0 bridgehead atoms. The Morgan fingerprint density at radius 3 is 1.43 bits per heavy atom. The Kier molecular flexibility index (Phi) is 14.4. The molecule has 4 aromatic carbocycles. The number of aromatic nitrogens is 2. The minimum Gasteiger partial charge on any atom is -0.496 e. The Morgan fingerprint density at radius 2 is 0.952 bits per heavy atom. The van der Waals surface area contributed by atoms with Crippen LogP contribution in [-0.2, 0) is 20.0 Å². The molecule has 6 aromatic rings. The van der Waals surface area contributed by atoms with Gasteiger partial charge in [0.25, 0.3) is 0 Å². The van der Waals surface area contributed by atoms with Crippen LogP contribution in [0.15, 0.2) is 105 Å². The highest BCUT2D eigenvalue weighted by molar-refractivity contribution is 7.89. The average molecular weight is 935 g/mol. The molecule has 0 atom stereocenters. The molecule has 0 aliphatic carbocycles. The van der Waals surface area contributed by atoms with E-state index in [1.807, 2.05) is 35.7 Å². The zero-order valence-corrected chi connectivity index (χ0v) is 39.2. The molecule has 334 valence electrons. The molecule has 0 amide bonds. The van der Waals surface area contributed by atoms with Crippen LogP contribution in [0.25, 0.3) is 22.5 Å². The number of hydrogen-bond acceptors (Lipinski definition) is 15. The molecule has 63 heavy (non-hydrogen) atoms. The van der Waals surface area contributed by atoms with Gasteiger partial charge in [-0.15, -0.1) is 22.7 Å². The number of methoxy groups -OCH3 is 5. The molecule has 0 unspecified atom stereocenters. The molecule has 0 saturated carbocycles. The highest BCUT2D eigenvalue weighted by Gasteiger charge is 2.32. The van der Waals surface area contributed by atoms with Gasteiger partial charge >= 0.3 is 0 Å². The monoisotopic (exact) mass is 934 g/mol. The summed E-state index contributed by atoms with van der Waals surface area (Å²) in [6.07, 6.45) is 0. The van der Waals surface area contributed by atoms with Crippen LogP contribution in [0.1, 0.15) is 5.56 Å². The van der Waals surface area contributed by atoms with Crippen molar-refractivity contribution in [1.29, 1.82) is 0 Å². The Morgan fingerprint density at radius 1 is 0.492 bits per heavy atom. The van der Waals surface area contributed by atoms with Crippen molar-refractivity contribution in [2.24, 2.45) is 0 Å². The van der Waals surface area contributed by atoms with Crippen LogP contribution in [0.5, 0.6) is 28.7 Å². The second kappa shape index (κ2) is 19.9. The highest BCUT2D eigenvalue weighted by atomic mass is 32.2. The van der Waals surface area contributed by atoms with Gasteiger partial charge in [0.1, 0.15) is 5.75 Å². The van der Waals surface area contributed by atoms with Crippen LogP contribution in [0, 0.1) is 6.92 Å². The summed E-state index contributed by atoms with van der Waals surface area (Å²) < 4.78 is 81.9. The normalized spacial score (nSPS) is 15.0. The van der Waals surface area contributed by atoms with Crippen LogP contribution in [0.2, 0.25) is 0 Å². The van der Waals surface area contributed by atoms with Crippen molar-refractivity contribution < 1.29 is 40.5 Å². The molecule has 2 fully saturated rings. The second-order valence-corrected chi connectivity index (χ2v) is 20.0. The van der Waals surface area contributed by atoms with Crippen molar-refractivity contribution in [2.45, 2.75) is 16.7 Å². The standard InChI is InChI=1S/C22H25N3O5S2.C22H25N3O4S2/c1-28-19-7-5-4-6-17(19)18-15-31-22(23-18)24-10-12-25(13-11-24)32(26,27)16-8-9-20(29-2)21(14-16)30-3;1-16-5-4-6-17(13-16)19-15-30-22(23-19)24-9-11-25(12-10-24)31(26,27)18-7-8-20(28-2)21(14-18)29-3/h4-9,14-15H,10-13H2,1-3H3;4-8,13-15H,9-12H2,1-3H3. The van der Waals surface area contributed by atoms with Gasteiger partial charge in [-0.1, -0.05) is 35.9 Å². The molecule has 2 saturated heterocycles. The predicted molar refractivity (Wildman–Crippen MR) is 247 cm³/mol. The van der Waals surface area contributed by atoms with E-state index in [0.29, 0.717) is 75.4 Å². The lowest BCUT2D eigenvalue weighted by molar-refractivity contribution is 0.353. The van der Waals surface area contributed by atoms with Crippen molar-refractivity contribution in [2.75, 3.05) is 97.7 Å². The third-order valence-electron chi connectivity index (χ3n) is 10.7. The average Bonchev–Trinajstić information content (AvgIpc) is 4.03. The summed E-state index contributed by atoms with van der Waals surface area (Å²) in [6.45, 7) is 5.92. The smallest absolute Gasteiger partial charge is 0.243 e. The number of aryl methyl sites for hydroxylation is 1. The molecule has 0 N–H and O–H groups in total. The van der Waals surface area contributed by atoms with Crippen molar-refractivity contribution in [3.05, 3.63) is 101 Å². The number of thiazole rings is 2. The third-order valence-corrected chi connectivity index (χ3v) is 16.3. The summed E-state index contributed by atoms with van der Waals surface area (Å²) >= 11 is 3.13. The quantitative estimate of drug-likeness (QED) is 0.117. The number of benzene rings is 4. The molecular weight excluding hydrogens is 885 g/mol. The first-order valence-corrected chi connectivity index (χ1v) is 24.6. The molecule has 8 rings (SSSR count). The summed E-state index contributed by atoms with van der Waals surface area (Å²) in [5.41, 5.74) is 5.03. The molecule has 0 spiro atoms. The summed E-state index contributed by atoms with van der Waals surface area (Å²) in [7, 11) is 0.413. The van der Waals surface area contributed by atoms with Crippen molar-refractivity contribution in [3.63, 3.8) is 0 Å². The first-order chi connectivity index (χ1) is 30.4. The fraction of sp³-hybridized carbons (Fsp3) is 0.318. The number of hydrogen-bond donors (Lipinski definition) is 0. The van der Waals surface area contributed by atoms with Gasteiger partial charge in [-0.3, -0.25) is 0 Å². The van der Waals surface area contributed by atoms with Gasteiger partial charge < -0.3 is 33.5 Å². The summed E-state index contributed by atoms with van der Waals surface area (Å²) in [5, 5.41) is 5.84. The summed E-state index contributed by atoms with van der Waals surface area (Å²) in [5.74, 6) is 2.55. The molecule has 4 heterocycles. The number of para-hydroxylation sites is 1. The topological polar surface area (TPSA) is 153 Å². The maximum Gasteiger partial charge on any atom is 0.243 e. The van der Waals surface area contributed by atoms with Crippen LogP contribution in [0.3, 0.4) is 0 Å². The largest absolute Gasteiger partial charge is 0.496 e. The van der Waals surface area contributed by atoms with E-state index in [4.69, 9.17) is 33.7 Å². The van der Waals surface area contributed by atoms with Crippen molar-refractivity contribution in [1.82, 2.24) is 18.6 Å². The van der Waals surface area contributed by atoms with Crippen LogP contribution < -0.4 is 33.5 Å². The number of sulfonamides is 2. The fourth-order valence-corrected chi connectivity index (χ4v) is 11.9. The lowest BCUT2D eigenvalue weighted by Crippen LogP contribution is -2.48. The second-order valence-electron chi connectivity index (χ2n) is 14.4. The van der Waals surface area contributed by atoms with Gasteiger partial charge in [-0.2, -0.15) is 8.61 Å². The molecule has 2 aromatic heterocycles. The van der Waals surface area contributed by atoms with E-state index >= 15 is 0 Å². The minimum atomic E-state index is -3.63. The van der Waals surface area contributed by atoms with Crippen LogP contribution in [-0.4, -0.2) is 123 Å². The van der Waals surface area contributed by atoms with Crippen LogP contribution in [0.4, 0.5) is 10.3 Å². The number of ether oxygens (including phenoxy) is 5. The first-order valence-electron chi connectivity index (χ1n) is 20.0. The summed E-state index contributed by atoms with van der Waals surface area (Å²) in [6, 6.07) is 25.4. The number of anilines is 2. The van der Waals surface area contributed by atoms with E-state index < -0.39 is 20.0 Å². The molecule has 19 heteroatoms. The first kappa shape index (κ1) is 45.6. The SMILES string of the molecule is COc1ccc(S(=O)(=O)N2CCN(c3nc(-c4cccc(C)c4)cs3)CC2)cc1OC.COc1ccc(S(=O)(=O)N2CCN(c3nc(-c4ccccc4OC)cs3)CC2)cc1OC. The van der Waals surface area contributed by atoms with Crippen molar-refractivity contribution in [3.8, 4) is 51.3 Å². The van der Waals surface area contributed by atoms with E-state index in [2.05, 4.69) is 40.3 Å². The van der Waals surface area contributed by atoms with Gasteiger partial charge in [0, 0.05) is 86.4 Å². The van der Waals surface area contributed by atoms with E-state index in [9.17, 15) is 16.8 Å². The molecule has 15 nitrogen and oxygen atoms in total. The zero-order valence-electron chi connectivity index (χ0n) is 35.9. The van der Waals surface area contributed by atoms with E-state index in [0.717, 1.165) is 38.5 Å². The molecule has 2 aliphatic rings. The van der Waals surface area contributed by atoms with Gasteiger partial charge in [-0.05, 0) is 49.4 Å². The fourth-order valence-electron chi connectivity index (χ4n) is 7.23. The Labute approximate surface area is 377 Å². The van der Waals surface area contributed by atoms with E-state index in [1.165, 1.54) is 54.7 Å². The summed E-state index contributed by atoms with van der Waals surface area (Å²) in [4.78, 5) is 14.2. The van der Waals surface area contributed by atoms with E-state index in [-0.39, 0.29) is 9.79 Å². The Balaban J connectivity index is 0.000000189. The van der Waals surface area contributed by atoms with E-state index in [1.54, 1.807) is 54.0 Å². The van der Waals surface area contributed by atoms with Gasteiger partial charge in [0.15, 0.2) is 33.3 Å². The Hall–Kier alpha value is -5.44. The van der Waals surface area contributed by atoms with Crippen molar-refractivity contribution >= 4 is 53.0 Å². The molecule has 2 aliphatic heterocycles. The van der Waals surface area contributed by atoms with Crippen LogP contribution >= 0.6 is 22.7 Å². The third kappa shape index (κ3) is 10.0. The Bertz CT molecular complexity index is 2730. The maximum atomic E-state index is 13.1. The molecular formula is C44H50N6O9S4. The predicted octanol–water partition coefficient (Wildman–Crippen LogP) is 6.99. The maximum absolute atomic E-state index is 13.1. The highest BCUT2D eigenvalue weighted by Crippen LogP contribution is 2.36. The number of nitrogens with zero attached hydrogens (tertiary/aromatic N) is 6. The number of rotatable bonds is 13. The molecule has 0 radical (unpaired) electrons. The van der Waals surface area contributed by atoms with Gasteiger partial charge in [-0.25, -0.2) is 26.8 Å². The minimum absolute atomic E-state index is 0.191. The zero-order chi connectivity index (χ0) is 44.7. The lowest BCUT2D eigenvalue weighted by atomic mass is 10.1.